The number of carbonyl (C=O) groups is 3. The van der Waals surface area contributed by atoms with Crippen LogP contribution < -0.4 is 10.6 Å². The van der Waals surface area contributed by atoms with Crippen LogP contribution in [0.2, 0.25) is 5.02 Å². The van der Waals surface area contributed by atoms with E-state index in [4.69, 9.17) is 11.6 Å². The highest BCUT2D eigenvalue weighted by atomic mass is 35.5. The maximum atomic E-state index is 12.2. The zero-order chi connectivity index (χ0) is 21.6. The quantitative estimate of drug-likeness (QED) is 0.692. The highest BCUT2D eigenvalue weighted by Crippen LogP contribution is 2.24. The van der Waals surface area contributed by atoms with Crippen molar-refractivity contribution < 1.29 is 19.1 Å². The number of nitrogens with one attached hydrogen (secondary N) is 2. The summed E-state index contributed by atoms with van der Waals surface area (Å²) >= 11 is 6.06. The van der Waals surface area contributed by atoms with Crippen LogP contribution in [-0.4, -0.2) is 31.4 Å². The third-order valence-electron chi connectivity index (χ3n) is 4.31. The van der Waals surface area contributed by atoms with E-state index in [0.717, 1.165) is 5.56 Å². The van der Waals surface area contributed by atoms with Crippen LogP contribution in [0.1, 0.15) is 53.5 Å². The number of anilines is 1. The molecule has 7 heteroatoms. The molecule has 154 valence electrons. The van der Waals surface area contributed by atoms with Crippen molar-refractivity contribution in [2.45, 2.75) is 32.6 Å². The average molecular weight is 417 g/mol. The van der Waals surface area contributed by atoms with Crippen LogP contribution in [0.15, 0.2) is 42.5 Å². The van der Waals surface area contributed by atoms with Crippen LogP contribution >= 0.6 is 11.6 Å². The number of benzene rings is 2. The molecule has 0 spiro atoms. The van der Waals surface area contributed by atoms with Crippen molar-refractivity contribution in [3.63, 3.8) is 0 Å². The first kappa shape index (κ1) is 22.4. The van der Waals surface area contributed by atoms with Gasteiger partial charge in [0.1, 0.15) is 0 Å². The zero-order valence-corrected chi connectivity index (χ0v) is 17.7. The van der Waals surface area contributed by atoms with Crippen LogP contribution in [0.5, 0.6) is 0 Å². The summed E-state index contributed by atoms with van der Waals surface area (Å²) in [5.41, 5.74) is 2.27. The Hall–Kier alpha value is -2.86. The maximum Gasteiger partial charge on any atom is 0.337 e. The second-order valence-electron chi connectivity index (χ2n) is 7.57. The summed E-state index contributed by atoms with van der Waals surface area (Å²) < 4.78 is 4.65. The monoisotopic (exact) mass is 416 g/mol. The van der Waals surface area contributed by atoms with Crippen LogP contribution in [0.4, 0.5) is 5.69 Å². The van der Waals surface area contributed by atoms with E-state index in [-0.39, 0.29) is 35.8 Å². The summed E-state index contributed by atoms with van der Waals surface area (Å²) in [4.78, 5) is 36.0. The maximum absolute atomic E-state index is 12.2. The third-order valence-corrected chi connectivity index (χ3v) is 4.64. The van der Waals surface area contributed by atoms with Crippen molar-refractivity contribution >= 4 is 35.1 Å². The number of carbonyl (C=O) groups excluding carboxylic acids is 3. The van der Waals surface area contributed by atoms with Gasteiger partial charge in [0.25, 0.3) is 5.91 Å². The van der Waals surface area contributed by atoms with Crippen LogP contribution in [0.25, 0.3) is 0 Å². The Kier molecular flexibility index (Phi) is 7.40. The van der Waals surface area contributed by atoms with Crippen LogP contribution in [-0.2, 0) is 14.9 Å². The van der Waals surface area contributed by atoms with Crippen molar-refractivity contribution in [2.75, 3.05) is 19.0 Å². The average Bonchev–Trinajstić information content (AvgIpc) is 2.68. The van der Waals surface area contributed by atoms with E-state index in [1.165, 1.54) is 25.3 Å². The van der Waals surface area contributed by atoms with Crippen molar-refractivity contribution in [1.29, 1.82) is 0 Å². The topological polar surface area (TPSA) is 84.5 Å². The summed E-state index contributed by atoms with van der Waals surface area (Å²) in [6.07, 6.45) is 0.0601. The predicted octanol–water partition coefficient (Wildman–Crippen LogP) is 4.18. The van der Waals surface area contributed by atoms with Crippen LogP contribution in [0, 0.1) is 0 Å². The fraction of sp³-hybridized carbons (Fsp3) is 0.318. The summed E-state index contributed by atoms with van der Waals surface area (Å²) in [7, 11) is 1.27. The van der Waals surface area contributed by atoms with Gasteiger partial charge < -0.3 is 15.4 Å². The van der Waals surface area contributed by atoms with E-state index in [1.54, 1.807) is 12.1 Å². The number of hydrogen-bond donors (Lipinski definition) is 2. The van der Waals surface area contributed by atoms with E-state index in [9.17, 15) is 14.4 Å². The first-order chi connectivity index (χ1) is 13.6. The molecule has 2 amide bonds. The number of esters is 1. The first-order valence-electron chi connectivity index (χ1n) is 9.18. The van der Waals surface area contributed by atoms with Crippen molar-refractivity contribution in [1.82, 2.24) is 5.32 Å². The van der Waals surface area contributed by atoms with Gasteiger partial charge in [-0.2, -0.15) is 0 Å². The van der Waals surface area contributed by atoms with E-state index in [0.29, 0.717) is 16.3 Å². The van der Waals surface area contributed by atoms with Crippen molar-refractivity contribution in [2.24, 2.45) is 0 Å². The number of hydrogen-bond acceptors (Lipinski definition) is 4. The highest BCUT2D eigenvalue weighted by molar-refractivity contribution is 6.33. The Morgan fingerprint density at radius 2 is 1.62 bits per heavy atom. The molecule has 0 aliphatic rings. The molecule has 0 heterocycles. The Morgan fingerprint density at radius 3 is 2.21 bits per heavy atom. The van der Waals surface area contributed by atoms with Gasteiger partial charge in [0.2, 0.25) is 5.91 Å². The standard InChI is InChI=1S/C22H25ClN2O4/c1-22(2,3)16-8-5-14(6-9-16)20(27)24-12-11-19(26)25-18-13-15(21(28)29-4)7-10-17(18)23/h5-10,13H,11-12H2,1-4H3,(H,24,27)(H,25,26). The lowest BCUT2D eigenvalue weighted by Crippen LogP contribution is -2.27. The number of amides is 2. The smallest absolute Gasteiger partial charge is 0.337 e. The molecule has 0 radical (unpaired) electrons. The van der Waals surface area contributed by atoms with Gasteiger partial charge in [-0.25, -0.2) is 4.79 Å². The highest BCUT2D eigenvalue weighted by Gasteiger charge is 2.15. The molecule has 0 fully saturated rings. The number of rotatable bonds is 6. The fourth-order valence-electron chi connectivity index (χ4n) is 2.59. The molecule has 2 aromatic rings. The molecule has 2 N–H and O–H groups in total. The van der Waals surface area contributed by atoms with Gasteiger partial charge >= 0.3 is 5.97 Å². The molecule has 0 saturated heterocycles. The molecule has 0 aliphatic heterocycles. The second-order valence-corrected chi connectivity index (χ2v) is 7.97. The first-order valence-corrected chi connectivity index (χ1v) is 9.56. The number of ether oxygens (including phenoxy) is 1. The zero-order valence-electron chi connectivity index (χ0n) is 17.0. The van der Waals surface area contributed by atoms with Crippen LogP contribution in [0.3, 0.4) is 0 Å². The van der Waals surface area contributed by atoms with E-state index in [1.807, 2.05) is 12.1 Å². The lowest BCUT2D eigenvalue weighted by Gasteiger charge is -2.19. The molecule has 29 heavy (non-hydrogen) atoms. The Bertz CT molecular complexity index is 902. The fourth-order valence-corrected chi connectivity index (χ4v) is 2.76. The lowest BCUT2D eigenvalue weighted by atomic mass is 9.87. The van der Waals surface area contributed by atoms with E-state index >= 15 is 0 Å². The molecule has 2 aromatic carbocycles. The van der Waals surface area contributed by atoms with Gasteiger partial charge in [0.05, 0.1) is 23.4 Å². The molecular formula is C22H25ClN2O4. The van der Waals surface area contributed by atoms with E-state index < -0.39 is 5.97 Å². The van der Waals surface area contributed by atoms with Crippen molar-refractivity contribution in [3.05, 3.63) is 64.2 Å². The van der Waals surface area contributed by atoms with Gasteiger partial charge in [0.15, 0.2) is 0 Å². The molecular weight excluding hydrogens is 392 g/mol. The molecule has 6 nitrogen and oxygen atoms in total. The third kappa shape index (κ3) is 6.32. The van der Waals surface area contributed by atoms with Gasteiger partial charge in [-0.15, -0.1) is 0 Å². The second kappa shape index (κ2) is 9.56. The molecule has 0 atom stereocenters. The molecule has 2 rings (SSSR count). The summed E-state index contributed by atoms with van der Waals surface area (Å²) in [6, 6.07) is 11.9. The molecule has 0 unspecified atom stereocenters. The summed E-state index contributed by atoms with van der Waals surface area (Å²) in [6.45, 7) is 6.48. The SMILES string of the molecule is COC(=O)c1ccc(Cl)c(NC(=O)CCNC(=O)c2ccc(C(C)(C)C)cc2)c1. The minimum atomic E-state index is -0.526. The Morgan fingerprint density at radius 1 is 1.00 bits per heavy atom. The van der Waals surface area contributed by atoms with Gasteiger partial charge in [-0.1, -0.05) is 44.5 Å². The minimum Gasteiger partial charge on any atom is -0.465 e. The van der Waals surface area contributed by atoms with Gasteiger partial charge in [-0.3, -0.25) is 9.59 Å². The largest absolute Gasteiger partial charge is 0.465 e. The molecule has 0 aromatic heterocycles. The Balaban J connectivity index is 1.88. The summed E-state index contributed by atoms with van der Waals surface area (Å²) in [5, 5.41) is 5.66. The lowest BCUT2D eigenvalue weighted by molar-refractivity contribution is -0.116. The van der Waals surface area contributed by atoms with E-state index in [2.05, 4.69) is 36.1 Å². The molecule has 0 bridgehead atoms. The molecule has 0 saturated carbocycles. The summed E-state index contributed by atoms with van der Waals surface area (Å²) in [5.74, 6) is -1.11. The Labute approximate surface area is 175 Å². The van der Waals surface area contributed by atoms with Gasteiger partial charge in [-0.05, 0) is 41.3 Å². The van der Waals surface area contributed by atoms with Gasteiger partial charge in [0, 0.05) is 18.5 Å². The number of halogens is 1. The minimum absolute atomic E-state index is 0.0134. The predicted molar refractivity (Wildman–Crippen MR) is 114 cm³/mol. The number of methoxy groups -OCH3 is 1. The normalized spacial score (nSPS) is 10.9. The molecule has 0 aliphatic carbocycles. The van der Waals surface area contributed by atoms with Crippen molar-refractivity contribution in [3.8, 4) is 0 Å².